The standard InChI is InChI=1S/C14H11FN2O4/c1-8-2-3-9(6-13(8)18)16-14(19)11-5-4-10(17(20)21)7-12(11)15/h2-7,18H,1H3,(H,16,19). The fourth-order valence-electron chi connectivity index (χ4n) is 1.69. The number of phenols is 1. The number of rotatable bonds is 3. The van der Waals surface area contributed by atoms with E-state index in [1.54, 1.807) is 19.1 Å². The number of aryl methyl sites for hydroxylation is 1. The van der Waals surface area contributed by atoms with Crippen molar-refractivity contribution < 1.29 is 19.2 Å². The zero-order chi connectivity index (χ0) is 15.6. The predicted molar refractivity (Wildman–Crippen MR) is 73.9 cm³/mol. The monoisotopic (exact) mass is 290 g/mol. The van der Waals surface area contributed by atoms with Crippen molar-refractivity contribution in [3.63, 3.8) is 0 Å². The molecule has 6 nitrogen and oxygen atoms in total. The molecule has 2 aromatic carbocycles. The molecule has 0 spiro atoms. The smallest absolute Gasteiger partial charge is 0.272 e. The van der Waals surface area contributed by atoms with E-state index < -0.39 is 22.3 Å². The van der Waals surface area contributed by atoms with Crippen molar-refractivity contribution in [2.75, 3.05) is 5.32 Å². The molecule has 1 amide bonds. The van der Waals surface area contributed by atoms with Gasteiger partial charge >= 0.3 is 0 Å². The zero-order valence-corrected chi connectivity index (χ0v) is 11.0. The van der Waals surface area contributed by atoms with Gasteiger partial charge in [0.1, 0.15) is 11.6 Å². The van der Waals surface area contributed by atoms with Gasteiger partial charge in [0, 0.05) is 17.8 Å². The minimum absolute atomic E-state index is 0.00280. The third-order valence-electron chi connectivity index (χ3n) is 2.88. The Kier molecular flexibility index (Phi) is 3.84. The van der Waals surface area contributed by atoms with Crippen LogP contribution < -0.4 is 5.32 Å². The zero-order valence-electron chi connectivity index (χ0n) is 11.0. The molecule has 0 bridgehead atoms. The van der Waals surface area contributed by atoms with Gasteiger partial charge in [-0.3, -0.25) is 14.9 Å². The summed E-state index contributed by atoms with van der Waals surface area (Å²) in [6.45, 7) is 1.69. The Hall–Kier alpha value is -2.96. The summed E-state index contributed by atoms with van der Waals surface area (Å²) in [6.07, 6.45) is 0. The number of hydrogen-bond acceptors (Lipinski definition) is 4. The number of nitrogens with one attached hydrogen (secondary N) is 1. The highest BCUT2D eigenvalue weighted by Gasteiger charge is 2.16. The largest absolute Gasteiger partial charge is 0.508 e. The van der Waals surface area contributed by atoms with Gasteiger partial charge in [0.05, 0.1) is 16.6 Å². The van der Waals surface area contributed by atoms with E-state index in [0.29, 0.717) is 17.3 Å². The van der Waals surface area contributed by atoms with Crippen LogP contribution in [-0.2, 0) is 0 Å². The number of phenolic OH excluding ortho intramolecular Hbond substituents is 1. The van der Waals surface area contributed by atoms with Gasteiger partial charge < -0.3 is 10.4 Å². The first-order chi connectivity index (χ1) is 9.88. The lowest BCUT2D eigenvalue weighted by Gasteiger charge is -2.07. The summed E-state index contributed by atoms with van der Waals surface area (Å²) in [7, 11) is 0. The molecule has 0 aliphatic rings. The Bertz CT molecular complexity index is 731. The number of aromatic hydroxyl groups is 1. The summed E-state index contributed by atoms with van der Waals surface area (Å²) in [4.78, 5) is 21.7. The molecule has 0 atom stereocenters. The first kappa shape index (κ1) is 14.4. The third-order valence-corrected chi connectivity index (χ3v) is 2.88. The molecular weight excluding hydrogens is 279 g/mol. The molecule has 2 aromatic rings. The van der Waals surface area contributed by atoms with E-state index in [1.807, 2.05) is 0 Å². The number of benzene rings is 2. The quantitative estimate of drug-likeness (QED) is 0.671. The van der Waals surface area contributed by atoms with Crippen LogP contribution in [0.4, 0.5) is 15.8 Å². The van der Waals surface area contributed by atoms with Crippen LogP contribution in [0.2, 0.25) is 0 Å². The van der Waals surface area contributed by atoms with E-state index in [4.69, 9.17) is 0 Å². The minimum atomic E-state index is -0.988. The van der Waals surface area contributed by atoms with E-state index in [2.05, 4.69) is 5.32 Å². The summed E-state index contributed by atoms with van der Waals surface area (Å²) in [6, 6.07) is 7.24. The van der Waals surface area contributed by atoms with Crippen molar-refractivity contribution in [2.24, 2.45) is 0 Å². The van der Waals surface area contributed by atoms with Gasteiger partial charge in [-0.15, -0.1) is 0 Å². The van der Waals surface area contributed by atoms with Gasteiger partial charge in [-0.25, -0.2) is 4.39 Å². The first-order valence-corrected chi connectivity index (χ1v) is 5.93. The van der Waals surface area contributed by atoms with Crippen LogP contribution in [0.3, 0.4) is 0 Å². The second-order valence-corrected chi connectivity index (χ2v) is 4.38. The van der Waals surface area contributed by atoms with Crippen LogP contribution in [0.15, 0.2) is 36.4 Å². The molecule has 0 heterocycles. The molecule has 0 unspecified atom stereocenters. The average molecular weight is 290 g/mol. The number of carbonyl (C=O) groups is 1. The molecule has 108 valence electrons. The van der Waals surface area contributed by atoms with Crippen molar-refractivity contribution in [3.05, 3.63) is 63.5 Å². The summed E-state index contributed by atoms with van der Waals surface area (Å²) in [5.74, 6) is -1.75. The lowest BCUT2D eigenvalue weighted by atomic mass is 10.1. The van der Waals surface area contributed by atoms with E-state index in [0.717, 1.165) is 12.1 Å². The summed E-state index contributed by atoms with van der Waals surface area (Å²) >= 11 is 0. The SMILES string of the molecule is Cc1ccc(NC(=O)c2ccc([N+](=O)[O-])cc2F)cc1O. The second kappa shape index (κ2) is 5.58. The van der Waals surface area contributed by atoms with Crippen LogP contribution >= 0.6 is 0 Å². The predicted octanol–water partition coefficient (Wildman–Crippen LogP) is 3.00. The van der Waals surface area contributed by atoms with Crippen LogP contribution in [0, 0.1) is 22.9 Å². The van der Waals surface area contributed by atoms with Gasteiger partial charge in [-0.1, -0.05) is 6.07 Å². The first-order valence-electron chi connectivity index (χ1n) is 5.93. The Labute approximate surface area is 119 Å². The molecule has 21 heavy (non-hydrogen) atoms. The van der Waals surface area contributed by atoms with E-state index in [9.17, 15) is 24.4 Å². The van der Waals surface area contributed by atoms with Crippen LogP contribution in [0.1, 0.15) is 15.9 Å². The summed E-state index contributed by atoms with van der Waals surface area (Å²) in [5.41, 5.74) is 0.174. The van der Waals surface area contributed by atoms with E-state index in [1.165, 1.54) is 6.07 Å². The van der Waals surface area contributed by atoms with Crippen LogP contribution in [-0.4, -0.2) is 15.9 Å². The number of nitro benzene ring substituents is 1. The maximum Gasteiger partial charge on any atom is 0.272 e. The summed E-state index contributed by atoms with van der Waals surface area (Å²) < 4.78 is 13.7. The molecule has 2 N–H and O–H groups in total. The Balaban J connectivity index is 2.24. The Morgan fingerprint density at radius 3 is 2.57 bits per heavy atom. The highest BCUT2D eigenvalue weighted by atomic mass is 19.1. The number of hydrogen-bond donors (Lipinski definition) is 2. The number of halogens is 1. The van der Waals surface area contributed by atoms with Gasteiger partial charge in [0.15, 0.2) is 0 Å². The molecule has 0 aromatic heterocycles. The number of carbonyl (C=O) groups excluding carboxylic acids is 1. The Morgan fingerprint density at radius 1 is 1.29 bits per heavy atom. The maximum atomic E-state index is 13.7. The number of nitro groups is 1. The average Bonchev–Trinajstić information content (AvgIpc) is 2.42. The Morgan fingerprint density at radius 2 is 2.00 bits per heavy atom. The van der Waals surface area contributed by atoms with Crippen molar-refractivity contribution >= 4 is 17.3 Å². The lowest BCUT2D eigenvalue weighted by molar-refractivity contribution is -0.385. The number of nitrogens with zero attached hydrogens (tertiary/aromatic N) is 1. The van der Waals surface area contributed by atoms with Crippen LogP contribution in [0.5, 0.6) is 5.75 Å². The van der Waals surface area contributed by atoms with Gasteiger partial charge in [0.2, 0.25) is 0 Å². The molecule has 0 fully saturated rings. The third kappa shape index (κ3) is 3.14. The fourth-order valence-corrected chi connectivity index (χ4v) is 1.69. The van der Waals surface area contributed by atoms with E-state index in [-0.39, 0.29) is 11.3 Å². The number of non-ortho nitro benzene ring substituents is 1. The second-order valence-electron chi connectivity index (χ2n) is 4.38. The van der Waals surface area contributed by atoms with Crippen LogP contribution in [0.25, 0.3) is 0 Å². The van der Waals surface area contributed by atoms with Gasteiger partial charge in [0.25, 0.3) is 11.6 Å². The number of anilines is 1. The van der Waals surface area contributed by atoms with Crippen molar-refractivity contribution in [3.8, 4) is 5.75 Å². The minimum Gasteiger partial charge on any atom is -0.508 e. The lowest BCUT2D eigenvalue weighted by Crippen LogP contribution is -2.13. The van der Waals surface area contributed by atoms with Gasteiger partial charge in [-0.05, 0) is 24.6 Å². The molecule has 2 rings (SSSR count). The molecule has 7 heteroatoms. The maximum absolute atomic E-state index is 13.7. The molecular formula is C14H11FN2O4. The molecule has 0 saturated heterocycles. The molecule has 0 saturated carbocycles. The van der Waals surface area contributed by atoms with Crippen molar-refractivity contribution in [1.82, 2.24) is 0 Å². The molecule has 0 radical (unpaired) electrons. The fraction of sp³-hybridized carbons (Fsp3) is 0.0714. The number of amides is 1. The highest BCUT2D eigenvalue weighted by Crippen LogP contribution is 2.22. The molecule has 0 aliphatic carbocycles. The van der Waals surface area contributed by atoms with E-state index >= 15 is 0 Å². The molecule has 0 aliphatic heterocycles. The van der Waals surface area contributed by atoms with Gasteiger partial charge in [-0.2, -0.15) is 0 Å². The van der Waals surface area contributed by atoms with Crippen molar-refractivity contribution in [2.45, 2.75) is 6.92 Å². The normalized spacial score (nSPS) is 10.2. The highest BCUT2D eigenvalue weighted by molar-refractivity contribution is 6.04. The summed E-state index contributed by atoms with van der Waals surface area (Å²) in [5, 5.41) is 22.4. The van der Waals surface area contributed by atoms with Crippen molar-refractivity contribution in [1.29, 1.82) is 0 Å². The topological polar surface area (TPSA) is 92.5 Å².